The van der Waals surface area contributed by atoms with E-state index in [4.69, 9.17) is 17.3 Å². The van der Waals surface area contributed by atoms with Crippen molar-refractivity contribution in [3.63, 3.8) is 0 Å². The summed E-state index contributed by atoms with van der Waals surface area (Å²) in [5.41, 5.74) is 6.16. The predicted octanol–water partition coefficient (Wildman–Crippen LogP) is 3.21. The Labute approximate surface area is 121 Å². The lowest BCUT2D eigenvalue weighted by atomic mass is 10.2. The van der Waals surface area contributed by atoms with Gasteiger partial charge in [0.05, 0.1) is 27.0 Å². The number of para-hydroxylation sites is 2. The van der Waals surface area contributed by atoms with Crippen molar-refractivity contribution in [2.75, 3.05) is 17.3 Å². The van der Waals surface area contributed by atoms with Crippen LogP contribution in [0.3, 0.4) is 0 Å². The first kappa shape index (κ1) is 14.6. The zero-order valence-electron chi connectivity index (χ0n) is 10.5. The van der Waals surface area contributed by atoms with Crippen LogP contribution in [0.5, 0.6) is 0 Å². The lowest BCUT2D eigenvalue weighted by Crippen LogP contribution is -2.06. The van der Waals surface area contributed by atoms with E-state index in [1.54, 1.807) is 6.07 Å². The molecule has 0 heterocycles. The van der Waals surface area contributed by atoms with Crippen molar-refractivity contribution in [2.24, 2.45) is 0 Å². The summed E-state index contributed by atoms with van der Waals surface area (Å²) >= 11 is 5.90. The third kappa shape index (κ3) is 2.86. The van der Waals surface area contributed by atoms with E-state index in [1.807, 2.05) is 0 Å². The van der Waals surface area contributed by atoms with Gasteiger partial charge in [0, 0.05) is 6.26 Å². The maximum absolute atomic E-state index is 13.7. The molecule has 20 heavy (non-hydrogen) atoms. The summed E-state index contributed by atoms with van der Waals surface area (Å²) in [5.74, 6) is -0.554. The highest BCUT2D eigenvalue weighted by molar-refractivity contribution is 7.90. The van der Waals surface area contributed by atoms with Gasteiger partial charge in [-0.2, -0.15) is 0 Å². The number of halogens is 2. The average molecular weight is 315 g/mol. The standard InChI is InChI=1S/C13H12ClFN2O2S/c1-20(18,19)11-7-3-6-10(12(11)16)17-13-8(14)4-2-5-9(13)15/h2-7,17H,16H2,1H3. The maximum Gasteiger partial charge on any atom is 0.177 e. The van der Waals surface area contributed by atoms with E-state index in [1.165, 1.54) is 30.3 Å². The molecule has 3 N–H and O–H groups in total. The molecule has 0 saturated heterocycles. The van der Waals surface area contributed by atoms with Crippen LogP contribution in [0.1, 0.15) is 0 Å². The van der Waals surface area contributed by atoms with Crippen LogP contribution in [0.4, 0.5) is 21.5 Å². The van der Waals surface area contributed by atoms with Crippen LogP contribution in [0.2, 0.25) is 5.02 Å². The fourth-order valence-electron chi connectivity index (χ4n) is 1.73. The number of sulfone groups is 1. The third-order valence-electron chi connectivity index (χ3n) is 2.69. The van der Waals surface area contributed by atoms with E-state index in [0.29, 0.717) is 0 Å². The molecule has 0 aliphatic carbocycles. The molecule has 7 heteroatoms. The molecule has 0 saturated carbocycles. The average Bonchev–Trinajstić information content (AvgIpc) is 2.34. The second-order valence-electron chi connectivity index (χ2n) is 4.21. The second-order valence-corrected chi connectivity index (χ2v) is 6.60. The number of nitrogen functional groups attached to an aromatic ring is 1. The Morgan fingerprint density at radius 3 is 2.45 bits per heavy atom. The highest BCUT2D eigenvalue weighted by Crippen LogP contribution is 2.33. The van der Waals surface area contributed by atoms with Crippen LogP contribution in [-0.4, -0.2) is 14.7 Å². The van der Waals surface area contributed by atoms with E-state index in [2.05, 4.69) is 5.32 Å². The molecule has 2 aromatic carbocycles. The van der Waals surface area contributed by atoms with E-state index < -0.39 is 15.7 Å². The molecule has 4 nitrogen and oxygen atoms in total. The fourth-order valence-corrected chi connectivity index (χ4v) is 2.77. The Bertz CT molecular complexity index is 743. The van der Waals surface area contributed by atoms with Crippen LogP contribution in [0.15, 0.2) is 41.3 Å². The first-order valence-electron chi connectivity index (χ1n) is 5.60. The quantitative estimate of drug-likeness (QED) is 0.853. The largest absolute Gasteiger partial charge is 0.396 e. The lowest BCUT2D eigenvalue weighted by Gasteiger charge is -2.13. The van der Waals surface area contributed by atoms with Crippen molar-refractivity contribution in [3.8, 4) is 0 Å². The minimum absolute atomic E-state index is 0.0186. The summed E-state index contributed by atoms with van der Waals surface area (Å²) in [6.45, 7) is 0. The molecule has 0 atom stereocenters. The van der Waals surface area contributed by atoms with Gasteiger partial charge in [0.1, 0.15) is 5.82 Å². The molecule has 0 spiro atoms. The molecular weight excluding hydrogens is 303 g/mol. The topological polar surface area (TPSA) is 72.2 Å². The van der Waals surface area contributed by atoms with E-state index in [9.17, 15) is 12.8 Å². The molecule has 106 valence electrons. The highest BCUT2D eigenvalue weighted by Gasteiger charge is 2.15. The summed E-state index contributed by atoms with van der Waals surface area (Å²) < 4.78 is 36.9. The molecule has 0 fully saturated rings. The summed E-state index contributed by atoms with van der Waals surface area (Å²) in [6.07, 6.45) is 1.05. The Balaban J connectivity index is 2.51. The van der Waals surface area contributed by atoms with Crippen LogP contribution in [0, 0.1) is 5.82 Å². The van der Waals surface area contributed by atoms with Crippen LogP contribution in [0.25, 0.3) is 0 Å². The molecule has 0 aromatic heterocycles. The first-order chi connectivity index (χ1) is 9.30. The summed E-state index contributed by atoms with van der Waals surface area (Å²) in [7, 11) is -3.46. The number of nitrogens with one attached hydrogen (secondary N) is 1. The normalized spacial score (nSPS) is 11.3. The number of hydrogen-bond acceptors (Lipinski definition) is 4. The summed E-state index contributed by atoms with van der Waals surface area (Å²) in [5, 5.41) is 2.90. The van der Waals surface area contributed by atoms with Crippen molar-refractivity contribution < 1.29 is 12.8 Å². The van der Waals surface area contributed by atoms with Crippen LogP contribution >= 0.6 is 11.6 Å². The van der Waals surface area contributed by atoms with Crippen molar-refractivity contribution in [1.29, 1.82) is 0 Å². The fraction of sp³-hybridized carbons (Fsp3) is 0.0769. The van der Waals surface area contributed by atoms with Crippen LogP contribution in [-0.2, 0) is 9.84 Å². The summed E-state index contributed by atoms with van der Waals surface area (Å²) in [4.78, 5) is -0.0186. The van der Waals surface area contributed by atoms with E-state index in [-0.39, 0.29) is 27.0 Å². The van der Waals surface area contributed by atoms with Gasteiger partial charge in [-0.05, 0) is 24.3 Å². The molecular formula is C13H12ClFN2O2S. The molecule has 2 aromatic rings. The molecule has 0 amide bonds. The minimum Gasteiger partial charge on any atom is -0.396 e. The van der Waals surface area contributed by atoms with Gasteiger partial charge in [-0.1, -0.05) is 23.7 Å². The van der Waals surface area contributed by atoms with Crippen molar-refractivity contribution in [2.45, 2.75) is 4.90 Å². The smallest absolute Gasteiger partial charge is 0.177 e. The van der Waals surface area contributed by atoms with Crippen molar-refractivity contribution in [3.05, 3.63) is 47.2 Å². The zero-order valence-corrected chi connectivity index (χ0v) is 12.1. The predicted molar refractivity (Wildman–Crippen MR) is 78.7 cm³/mol. The Hall–Kier alpha value is -1.79. The van der Waals surface area contributed by atoms with Gasteiger partial charge in [0.15, 0.2) is 9.84 Å². The SMILES string of the molecule is CS(=O)(=O)c1cccc(Nc2c(F)cccc2Cl)c1N. The first-order valence-corrected chi connectivity index (χ1v) is 7.87. The number of anilines is 3. The van der Waals surface area contributed by atoms with Gasteiger partial charge in [0.2, 0.25) is 0 Å². The van der Waals surface area contributed by atoms with Gasteiger partial charge in [-0.25, -0.2) is 12.8 Å². The van der Waals surface area contributed by atoms with Gasteiger partial charge in [-0.15, -0.1) is 0 Å². The van der Waals surface area contributed by atoms with Crippen molar-refractivity contribution >= 4 is 38.5 Å². The van der Waals surface area contributed by atoms with Gasteiger partial charge in [0.25, 0.3) is 0 Å². The van der Waals surface area contributed by atoms with E-state index in [0.717, 1.165) is 6.26 Å². The molecule has 0 bridgehead atoms. The van der Waals surface area contributed by atoms with Gasteiger partial charge in [-0.3, -0.25) is 0 Å². The monoisotopic (exact) mass is 314 g/mol. The molecule has 2 rings (SSSR count). The Morgan fingerprint density at radius 1 is 1.20 bits per heavy atom. The van der Waals surface area contributed by atoms with Crippen LogP contribution < -0.4 is 11.1 Å². The number of nitrogens with two attached hydrogens (primary N) is 1. The van der Waals surface area contributed by atoms with Gasteiger partial charge < -0.3 is 11.1 Å². The molecule has 0 radical (unpaired) electrons. The Morgan fingerprint density at radius 2 is 1.85 bits per heavy atom. The number of hydrogen-bond donors (Lipinski definition) is 2. The zero-order chi connectivity index (χ0) is 14.9. The third-order valence-corrected chi connectivity index (χ3v) is 4.16. The number of rotatable bonds is 3. The van der Waals surface area contributed by atoms with Crippen molar-refractivity contribution in [1.82, 2.24) is 0 Å². The summed E-state index contributed by atoms with van der Waals surface area (Å²) in [6, 6.07) is 8.68. The number of benzene rings is 2. The maximum atomic E-state index is 13.7. The molecule has 0 unspecified atom stereocenters. The minimum atomic E-state index is -3.46. The lowest BCUT2D eigenvalue weighted by molar-refractivity contribution is 0.602. The second kappa shape index (κ2) is 5.30. The highest BCUT2D eigenvalue weighted by atomic mass is 35.5. The van der Waals surface area contributed by atoms with E-state index >= 15 is 0 Å². The molecule has 0 aliphatic rings. The Kier molecular flexibility index (Phi) is 3.87. The molecule has 0 aliphatic heterocycles. The van der Waals surface area contributed by atoms with Gasteiger partial charge >= 0.3 is 0 Å².